The predicted octanol–water partition coefficient (Wildman–Crippen LogP) is 3.30. The van der Waals surface area contributed by atoms with Crippen LogP contribution in [-0.2, 0) is 10.0 Å². The number of nitrogens with two attached hydrogens (primary N) is 1. The van der Waals surface area contributed by atoms with Gasteiger partial charge in [-0.05, 0) is 61.4 Å². The molecule has 0 aliphatic carbocycles. The van der Waals surface area contributed by atoms with E-state index in [0.717, 1.165) is 25.0 Å². The third-order valence-corrected chi connectivity index (χ3v) is 5.93. The molecule has 0 fully saturated rings. The smallest absolute Gasteiger partial charge is 0.261 e. The van der Waals surface area contributed by atoms with Gasteiger partial charge in [-0.25, -0.2) is 12.8 Å². The number of amides is 1. The van der Waals surface area contributed by atoms with E-state index in [-0.39, 0.29) is 28.9 Å². The largest absolute Gasteiger partial charge is 0.350 e. The van der Waals surface area contributed by atoms with Gasteiger partial charge in [-0.15, -0.1) is 12.4 Å². The minimum atomic E-state index is -3.84. The molecule has 154 valence electrons. The number of carbonyl (C=O) groups excluding carboxylic acids is 1. The van der Waals surface area contributed by atoms with Gasteiger partial charge in [-0.3, -0.25) is 9.52 Å². The normalized spacial score (nSPS) is 11.4. The Labute approximate surface area is 171 Å². The number of halogens is 2. The van der Waals surface area contributed by atoms with E-state index in [1.54, 1.807) is 0 Å². The standard InChI is InChI=1S/C19H24FN3O3S.ClH/c1-3-19(21,4-2)13-22-18(24)14-5-11-17(12-6-14)27(25,26)23-16-9-7-15(20)8-10-16;/h5-12,23H,3-4,13,21H2,1-2H3,(H,22,24);1H. The van der Waals surface area contributed by atoms with Crippen LogP contribution in [-0.4, -0.2) is 26.4 Å². The zero-order chi connectivity index (χ0) is 20.1. The second-order valence-corrected chi connectivity index (χ2v) is 8.07. The molecule has 0 unspecified atom stereocenters. The summed E-state index contributed by atoms with van der Waals surface area (Å²) in [5, 5.41) is 2.78. The highest BCUT2D eigenvalue weighted by atomic mass is 35.5. The van der Waals surface area contributed by atoms with E-state index in [4.69, 9.17) is 5.73 Å². The number of hydrogen-bond donors (Lipinski definition) is 3. The second-order valence-electron chi connectivity index (χ2n) is 6.39. The molecule has 0 saturated heterocycles. The predicted molar refractivity (Wildman–Crippen MR) is 111 cm³/mol. The molecule has 4 N–H and O–H groups in total. The number of hydrogen-bond acceptors (Lipinski definition) is 4. The first-order valence-corrected chi connectivity index (χ1v) is 10.1. The number of carbonyl (C=O) groups is 1. The molecule has 0 aliphatic rings. The summed E-state index contributed by atoms with van der Waals surface area (Å²) in [7, 11) is -3.84. The van der Waals surface area contributed by atoms with Crippen molar-refractivity contribution in [1.82, 2.24) is 5.32 Å². The summed E-state index contributed by atoms with van der Waals surface area (Å²) < 4.78 is 40.0. The van der Waals surface area contributed by atoms with Crippen molar-refractivity contribution in [1.29, 1.82) is 0 Å². The van der Waals surface area contributed by atoms with Gasteiger partial charge in [0.25, 0.3) is 15.9 Å². The van der Waals surface area contributed by atoms with Crippen LogP contribution < -0.4 is 15.8 Å². The van der Waals surface area contributed by atoms with Crippen LogP contribution >= 0.6 is 12.4 Å². The van der Waals surface area contributed by atoms with Crippen molar-refractivity contribution in [3.63, 3.8) is 0 Å². The Balaban J connectivity index is 0.00000392. The first-order chi connectivity index (χ1) is 12.7. The molecule has 0 bridgehead atoms. The second kappa shape index (κ2) is 9.86. The van der Waals surface area contributed by atoms with Gasteiger partial charge in [-0.1, -0.05) is 13.8 Å². The monoisotopic (exact) mass is 429 g/mol. The maximum absolute atomic E-state index is 12.9. The Kier molecular flexibility index (Phi) is 8.41. The average Bonchev–Trinajstić information content (AvgIpc) is 2.67. The Morgan fingerprint density at radius 3 is 2.07 bits per heavy atom. The lowest BCUT2D eigenvalue weighted by molar-refractivity contribution is 0.0942. The van der Waals surface area contributed by atoms with Crippen molar-refractivity contribution >= 4 is 34.0 Å². The van der Waals surface area contributed by atoms with Crippen LogP contribution in [0.5, 0.6) is 0 Å². The number of rotatable bonds is 8. The number of anilines is 1. The van der Waals surface area contributed by atoms with E-state index in [0.29, 0.717) is 12.1 Å². The van der Waals surface area contributed by atoms with Crippen molar-refractivity contribution < 1.29 is 17.6 Å². The highest BCUT2D eigenvalue weighted by Crippen LogP contribution is 2.17. The highest BCUT2D eigenvalue weighted by molar-refractivity contribution is 7.92. The van der Waals surface area contributed by atoms with Crippen molar-refractivity contribution in [3.8, 4) is 0 Å². The van der Waals surface area contributed by atoms with Gasteiger partial charge in [0.1, 0.15) is 5.82 Å². The molecular formula is C19H25ClFN3O3S. The minimum absolute atomic E-state index is 0. The van der Waals surface area contributed by atoms with Gasteiger partial charge in [0.2, 0.25) is 0 Å². The lowest BCUT2D eigenvalue weighted by atomic mass is 9.94. The fourth-order valence-corrected chi connectivity index (χ4v) is 3.43. The molecule has 0 aliphatic heterocycles. The Morgan fingerprint density at radius 1 is 1.04 bits per heavy atom. The lowest BCUT2D eigenvalue weighted by Crippen LogP contribution is -2.49. The van der Waals surface area contributed by atoms with Gasteiger partial charge < -0.3 is 11.1 Å². The maximum Gasteiger partial charge on any atom is 0.261 e. The first-order valence-electron chi connectivity index (χ1n) is 8.64. The van der Waals surface area contributed by atoms with Crippen LogP contribution in [0.3, 0.4) is 0 Å². The first kappa shape index (κ1) is 23.9. The van der Waals surface area contributed by atoms with E-state index >= 15 is 0 Å². The summed E-state index contributed by atoms with van der Waals surface area (Å²) in [5.74, 6) is -0.775. The minimum Gasteiger partial charge on any atom is -0.350 e. The zero-order valence-electron chi connectivity index (χ0n) is 15.7. The number of benzene rings is 2. The summed E-state index contributed by atoms with van der Waals surface area (Å²) >= 11 is 0. The van der Waals surface area contributed by atoms with Crippen molar-refractivity contribution in [2.45, 2.75) is 37.1 Å². The van der Waals surface area contributed by atoms with Crippen molar-refractivity contribution in [2.24, 2.45) is 5.73 Å². The topological polar surface area (TPSA) is 101 Å². The average molecular weight is 430 g/mol. The quantitative estimate of drug-likeness (QED) is 0.599. The van der Waals surface area contributed by atoms with Crippen molar-refractivity contribution in [3.05, 3.63) is 59.9 Å². The van der Waals surface area contributed by atoms with Crippen LogP contribution in [0.2, 0.25) is 0 Å². The summed E-state index contributed by atoms with van der Waals surface area (Å²) in [6.07, 6.45) is 1.46. The van der Waals surface area contributed by atoms with E-state index < -0.39 is 21.4 Å². The van der Waals surface area contributed by atoms with E-state index in [9.17, 15) is 17.6 Å². The fraction of sp³-hybridized carbons (Fsp3) is 0.316. The Bertz CT molecular complexity index is 884. The molecule has 0 heterocycles. The van der Waals surface area contributed by atoms with Crippen LogP contribution in [0, 0.1) is 5.82 Å². The highest BCUT2D eigenvalue weighted by Gasteiger charge is 2.21. The number of sulfonamides is 1. The summed E-state index contributed by atoms with van der Waals surface area (Å²) in [5.41, 5.74) is 6.29. The van der Waals surface area contributed by atoms with Gasteiger partial charge >= 0.3 is 0 Å². The molecule has 0 radical (unpaired) electrons. The third-order valence-electron chi connectivity index (χ3n) is 4.53. The van der Waals surface area contributed by atoms with Crippen LogP contribution in [0.4, 0.5) is 10.1 Å². The molecule has 0 aromatic heterocycles. The SMILES string of the molecule is CCC(N)(CC)CNC(=O)c1ccc(S(=O)(=O)Nc2ccc(F)cc2)cc1.Cl. The van der Waals surface area contributed by atoms with Gasteiger partial charge in [0.15, 0.2) is 0 Å². The molecule has 0 spiro atoms. The summed E-state index contributed by atoms with van der Waals surface area (Å²) in [6, 6.07) is 10.5. The molecule has 28 heavy (non-hydrogen) atoms. The molecular weight excluding hydrogens is 405 g/mol. The molecule has 6 nitrogen and oxygen atoms in total. The molecule has 2 aromatic carbocycles. The fourth-order valence-electron chi connectivity index (χ4n) is 2.38. The molecule has 0 atom stereocenters. The molecule has 9 heteroatoms. The van der Waals surface area contributed by atoms with Gasteiger partial charge in [-0.2, -0.15) is 0 Å². The number of nitrogens with one attached hydrogen (secondary N) is 2. The summed E-state index contributed by atoms with van der Waals surface area (Å²) in [4.78, 5) is 12.2. The van der Waals surface area contributed by atoms with E-state index in [1.807, 2.05) is 13.8 Å². The van der Waals surface area contributed by atoms with E-state index in [2.05, 4.69) is 10.0 Å². The molecule has 2 rings (SSSR count). The molecule has 2 aromatic rings. The Hall–Kier alpha value is -2.16. The molecule has 0 saturated carbocycles. The lowest BCUT2D eigenvalue weighted by Gasteiger charge is -2.26. The van der Waals surface area contributed by atoms with Gasteiger partial charge in [0, 0.05) is 23.3 Å². The maximum atomic E-state index is 12.9. The van der Waals surface area contributed by atoms with Crippen LogP contribution in [0.25, 0.3) is 0 Å². The van der Waals surface area contributed by atoms with Crippen molar-refractivity contribution in [2.75, 3.05) is 11.3 Å². The van der Waals surface area contributed by atoms with Gasteiger partial charge in [0.05, 0.1) is 4.90 Å². The Morgan fingerprint density at radius 2 is 1.57 bits per heavy atom. The zero-order valence-corrected chi connectivity index (χ0v) is 17.4. The van der Waals surface area contributed by atoms with Crippen LogP contribution in [0.1, 0.15) is 37.0 Å². The van der Waals surface area contributed by atoms with Crippen LogP contribution in [0.15, 0.2) is 53.4 Å². The summed E-state index contributed by atoms with van der Waals surface area (Å²) in [6.45, 7) is 4.26. The third kappa shape index (κ3) is 6.19. The molecule has 1 amide bonds. The van der Waals surface area contributed by atoms with E-state index in [1.165, 1.54) is 36.4 Å².